The van der Waals surface area contributed by atoms with Gasteiger partial charge in [-0.25, -0.2) is 4.98 Å². The van der Waals surface area contributed by atoms with E-state index in [-0.39, 0.29) is 6.04 Å². The summed E-state index contributed by atoms with van der Waals surface area (Å²) in [4.78, 5) is 4.30. The lowest BCUT2D eigenvalue weighted by molar-refractivity contribution is 0.501. The molecule has 1 saturated carbocycles. The zero-order chi connectivity index (χ0) is 14.2. The van der Waals surface area contributed by atoms with Gasteiger partial charge in [-0.1, -0.05) is 31.4 Å². The van der Waals surface area contributed by atoms with Gasteiger partial charge in [-0.15, -0.1) is 0 Å². The molecular formula is C17H22N2OS. The Morgan fingerprint density at radius 1 is 1.29 bits per heavy atom. The second-order valence-electron chi connectivity index (χ2n) is 6.39. The first kappa shape index (κ1) is 13.5. The largest absolute Gasteiger partial charge is 0.322 e. The first-order valence-corrected chi connectivity index (χ1v) is 9.52. The van der Waals surface area contributed by atoms with Crippen molar-refractivity contribution in [2.45, 2.75) is 56.2 Å². The van der Waals surface area contributed by atoms with Crippen molar-refractivity contribution < 1.29 is 4.21 Å². The molecule has 0 bridgehead atoms. The molecule has 0 aromatic carbocycles. The number of nitrogens with zero attached hydrogens (tertiary/aromatic N) is 2. The van der Waals surface area contributed by atoms with Crippen LogP contribution in [0.5, 0.6) is 0 Å². The van der Waals surface area contributed by atoms with Crippen LogP contribution in [0.3, 0.4) is 0 Å². The monoisotopic (exact) mass is 302 g/mol. The average Bonchev–Trinajstić information content (AvgIpc) is 3.11. The summed E-state index contributed by atoms with van der Waals surface area (Å²) in [5.41, 5.74) is 4.04. The number of imidazole rings is 1. The van der Waals surface area contributed by atoms with Crippen LogP contribution >= 0.6 is 0 Å². The number of rotatable bonds is 3. The molecule has 1 aromatic heterocycles. The van der Waals surface area contributed by atoms with Gasteiger partial charge in [0.15, 0.2) is 0 Å². The van der Waals surface area contributed by atoms with Gasteiger partial charge in [0, 0.05) is 27.4 Å². The summed E-state index contributed by atoms with van der Waals surface area (Å²) in [6, 6.07) is 0.283. The van der Waals surface area contributed by atoms with Crippen LogP contribution in [0.1, 0.15) is 56.7 Å². The van der Waals surface area contributed by atoms with Crippen LogP contribution in [0.4, 0.5) is 0 Å². The SMILES string of the molecule is O=S(CC1C2=C(C=CCC2)c2cncn21)C1CCCCC1. The Hall–Kier alpha value is -1.16. The standard InChI is InChI=1S/C17H22N2OS/c20-21(13-6-2-1-3-7-13)11-17-15-9-5-4-8-14(15)16-10-18-12-19(16)17/h4,8,10,12-13,17H,1-3,5-7,9,11H2. The quantitative estimate of drug-likeness (QED) is 0.854. The van der Waals surface area contributed by atoms with Crippen molar-refractivity contribution in [3.05, 3.63) is 35.9 Å². The molecule has 0 saturated heterocycles. The first-order valence-electron chi connectivity index (χ1n) is 8.13. The number of hydrogen-bond donors (Lipinski definition) is 0. The second-order valence-corrected chi connectivity index (χ2v) is 8.15. The number of hydrogen-bond acceptors (Lipinski definition) is 2. The van der Waals surface area contributed by atoms with Crippen molar-refractivity contribution in [3.8, 4) is 0 Å². The highest BCUT2D eigenvalue weighted by molar-refractivity contribution is 7.85. The first-order chi connectivity index (χ1) is 10.3. The number of allylic oxidation sites excluding steroid dienone is 4. The molecule has 4 rings (SSSR count). The Bertz CT molecular complexity index is 622. The van der Waals surface area contributed by atoms with E-state index in [2.05, 4.69) is 21.7 Å². The van der Waals surface area contributed by atoms with Crippen molar-refractivity contribution in [2.75, 3.05) is 5.75 Å². The van der Waals surface area contributed by atoms with Gasteiger partial charge in [0.05, 0.1) is 24.3 Å². The van der Waals surface area contributed by atoms with Crippen molar-refractivity contribution in [1.29, 1.82) is 0 Å². The van der Waals surface area contributed by atoms with Crippen LogP contribution < -0.4 is 0 Å². The van der Waals surface area contributed by atoms with Gasteiger partial charge >= 0.3 is 0 Å². The normalized spacial score (nSPS) is 26.8. The van der Waals surface area contributed by atoms with Crippen molar-refractivity contribution in [1.82, 2.24) is 9.55 Å². The summed E-state index contributed by atoms with van der Waals surface area (Å²) < 4.78 is 15.0. The Morgan fingerprint density at radius 2 is 2.14 bits per heavy atom. The van der Waals surface area contributed by atoms with E-state index in [1.54, 1.807) is 0 Å². The van der Waals surface area contributed by atoms with Crippen LogP contribution in [0.25, 0.3) is 5.57 Å². The number of aromatic nitrogens is 2. The maximum absolute atomic E-state index is 12.8. The van der Waals surface area contributed by atoms with E-state index in [1.807, 2.05) is 12.5 Å². The van der Waals surface area contributed by atoms with Crippen molar-refractivity contribution >= 4 is 16.4 Å². The lowest BCUT2D eigenvalue weighted by atomic mass is 9.94. The predicted octanol–water partition coefficient (Wildman–Crippen LogP) is 3.62. The van der Waals surface area contributed by atoms with Gasteiger partial charge in [0.25, 0.3) is 0 Å². The Morgan fingerprint density at radius 3 is 3.00 bits per heavy atom. The molecule has 3 aliphatic rings. The average molecular weight is 302 g/mol. The summed E-state index contributed by atoms with van der Waals surface area (Å²) in [7, 11) is -0.710. The molecule has 0 radical (unpaired) electrons. The molecule has 2 heterocycles. The summed E-state index contributed by atoms with van der Waals surface area (Å²) in [5, 5.41) is 0.425. The van der Waals surface area contributed by atoms with Gasteiger partial charge in [0.1, 0.15) is 0 Å². The minimum absolute atomic E-state index is 0.283. The predicted molar refractivity (Wildman–Crippen MR) is 86.4 cm³/mol. The highest BCUT2D eigenvalue weighted by Crippen LogP contribution is 2.42. The lowest BCUT2D eigenvalue weighted by Crippen LogP contribution is -2.25. The van der Waals surface area contributed by atoms with Gasteiger partial charge in [-0.2, -0.15) is 0 Å². The molecule has 2 aliphatic carbocycles. The molecule has 2 unspecified atom stereocenters. The molecule has 2 atom stereocenters. The molecule has 1 aromatic rings. The van der Waals surface area contributed by atoms with Crippen molar-refractivity contribution in [3.63, 3.8) is 0 Å². The molecule has 3 nitrogen and oxygen atoms in total. The van der Waals surface area contributed by atoms with E-state index in [0.717, 1.165) is 31.4 Å². The fourth-order valence-corrected chi connectivity index (χ4v) is 5.81. The molecular weight excluding hydrogens is 280 g/mol. The van der Waals surface area contributed by atoms with E-state index < -0.39 is 10.8 Å². The zero-order valence-corrected chi connectivity index (χ0v) is 13.1. The third kappa shape index (κ3) is 2.33. The minimum Gasteiger partial charge on any atom is -0.322 e. The van der Waals surface area contributed by atoms with E-state index >= 15 is 0 Å². The van der Waals surface area contributed by atoms with E-state index in [4.69, 9.17) is 0 Å². The summed E-state index contributed by atoms with van der Waals surface area (Å²) in [6.45, 7) is 0. The Labute approximate surface area is 128 Å². The maximum Gasteiger partial charge on any atom is 0.0956 e. The highest BCUT2D eigenvalue weighted by atomic mass is 32.2. The molecule has 0 N–H and O–H groups in total. The maximum atomic E-state index is 12.8. The Kier molecular flexibility index (Phi) is 3.57. The summed E-state index contributed by atoms with van der Waals surface area (Å²) in [5.74, 6) is 0.778. The third-order valence-corrected chi connectivity index (χ3v) is 7.00. The molecule has 112 valence electrons. The second kappa shape index (κ2) is 5.56. The summed E-state index contributed by atoms with van der Waals surface area (Å²) >= 11 is 0. The van der Waals surface area contributed by atoms with Crippen LogP contribution in [0.15, 0.2) is 30.2 Å². The smallest absolute Gasteiger partial charge is 0.0956 e. The highest BCUT2D eigenvalue weighted by Gasteiger charge is 2.33. The molecule has 21 heavy (non-hydrogen) atoms. The molecule has 1 aliphatic heterocycles. The molecule has 4 heteroatoms. The topological polar surface area (TPSA) is 34.9 Å². The van der Waals surface area contributed by atoms with Gasteiger partial charge in [0.2, 0.25) is 0 Å². The summed E-state index contributed by atoms with van der Waals surface area (Å²) in [6.07, 6.45) is 16.7. The van der Waals surface area contributed by atoms with Gasteiger partial charge < -0.3 is 4.57 Å². The Balaban J connectivity index is 1.58. The molecule has 1 fully saturated rings. The van der Waals surface area contributed by atoms with Crippen LogP contribution in [-0.4, -0.2) is 24.8 Å². The van der Waals surface area contributed by atoms with Crippen LogP contribution in [0.2, 0.25) is 0 Å². The lowest BCUT2D eigenvalue weighted by Gasteiger charge is -2.24. The fourth-order valence-electron chi connectivity index (χ4n) is 4.01. The zero-order valence-electron chi connectivity index (χ0n) is 12.3. The fraction of sp³-hybridized carbons (Fsp3) is 0.588. The molecule has 0 amide bonds. The minimum atomic E-state index is -0.710. The van der Waals surface area contributed by atoms with Crippen LogP contribution in [-0.2, 0) is 10.8 Å². The third-order valence-electron chi connectivity index (χ3n) is 5.14. The number of fused-ring (bicyclic) bond motifs is 2. The van der Waals surface area contributed by atoms with Crippen molar-refractivity contribution in [2.24, 2.45) is 0 Å². The van der Waals surface area contributed by atoms with E-state index in [1.165, 1.54) is 36.1 Å². The van der Waals surface area contributed by atoms with E-state index in [0.29, 0.717) is 5.25 Å². The van der Waals surface area contributed by atoms with Gasteiger partial charge in [-0.05, 0) is 31.3 Å². The van der Waals surface area contributed by atoms with Crippen LogP contribution in [0, 0.1) is 0 Å². The molecule has 0 spiro atoms. The van der Waals surface area contributed by atoms with E-state index in [9.17, 15) is 4.21 Å². The van der Waals surface area contributed by atoms with Gasteiger partial charge in [-0.3, -0.25) is 4.21 Å².